The van der Waals surface area contributed by atoms with Crippen molar-refractivity contribution >= 4 is 65.6 Å². The van der Waals surface area contributed by atoms with Gasteiger partial charge in [0.15, 0.2) is 11.6 Å². The minimum atomic E-state index is 0.555. The fraction of sp³-hybridized carbons (Fsp3) is 0. The van der Waals surface area contributed by atoms with Crippen LogP contribution < -0.4 is 0 Å². The second kappa shape index (κ2) is 10.7. The van der Waals surface area contributed by atoms with Crippen LogP contribution in [0.2, 0.25) is 0 Å². The molecule has 0 bridgehead atoms. The molecule has 238 valence electrons. The average Bonchev–Trinajstić information content (AvgIpc) is 3.85. The molecule has 0 aliphatic heterocycles. The number of furan rings is 1. The van der Waals surface area contributed by atoms with Gasteiger partial charge in [-0.15, -0.1) is 0 Å². The fourth-order valence-corrected chi connectivity index (χ4v) is 7.73. The van der Waals surface area contributed by atoms with Crippen LogP contribution in [0.3, 0.4) is 0 Å². The molecule has 6 nitrogen and oxygen atoms in total. The van der Waals surface area contributed by atoms with E-state index in [-0.39, 0.29) is 0 Å². The number of aromatic nitrogens is 5. The predicted molar refractivity (Wildman–Crippen MR) is 207 cm³/mol. The summed E-state index contributed by atoms with van der Waals surface area (Å²) in [5, 5.41) is 6.57. The van der Waals surface area contributed by atoms with E-state index in [9.17, 15) is 0 Å². The van der Waals surface area contributed by atoms with Gasteiger partial charge in [0.1, 0.15) is 11.2 Å². The van der Waals surface area contributed by atoms with Gasteiger partial charge in [-0.25, -0.2) is 4.98 Å². The Balaban J connectivity index is 1.35. The number of hydrogen-bond acceptors (Lipinski definition) is 4. The molecule has 0 unspecified atom stereocenters. The Morgan fingerprint density at radius 3 is 1.75 bits per heavy atom. The molecule has 0 N–H and O–H groups in total. The van der Waals surface area contributed by atoms with Crippen LogP contribution >= 0.6 is 0 Å². The molecule has 0 fully saturated rings. The van der Waals surface area contributed by atoms with Crippen molar-refractivity contribution in [2.45, 2.75) is 0 Å². The molecule has 0 amide bonds. The van der Waals surface area contributed by atoms with Crippen LogP contribution in [0, 0.1) is 0 Å². The molecule has 4 aromatic heterocycles. The molecule has 0 saturated heterocycles. The Morgan fingerprint density at radius 1 is 0.392 bits per heavy atom. The Bertz CT molecular complexity index is 3060. The third kappa shape index (κ3) is 4.14. The van der Waals surface area contributed by atoms with Crippen LogP contribution in [0.15, 0.2) is 168 Å². The summed E-state index contributed by atoms with van der Waals surface area (Å²) in [6, 6.07) is 56.6. The molecule has 0 radical (unpaired) electrons. The van der Waals surface area contributed by atoms with Crippen molar-refractivity contribution in [3.8, 4) is 34.4 Å². The first kappa shape index (κ1) is 27.9. The third-order valence-electron chi connectivity index (χ3n) is 9.96. The molecule has 11 aromatic rings. The Labute approximate surface area is 291 Å². The lowest BCUT2D eigenvalue weighted by Crippen LogP contribution is -2.06. The van der Waals surface area contributed by atoms with Crippen molar-refractivity contribution in [1.29, 1.82) is 0 Å². The van der Waals surface area contributed by atoms with Crippen molar-refractivity contribution in [3.05, 3.63) is 164 Å². The highest BCUT2D eigenvalue weighted by Crippen LogP contribution is 2.44. The van der Waals surface area contributed by atoms with E-state index >= 15 is 0 Å². The van der Waals surface area contributed by atoms with Gasteiger partial charge in [0.05, 0.1) is 22.1 Å². The molecule has 0 aliphatic carbocycles. The smallest absolute Gasteiger partial charge is 0.238 e. The molecule has 0 aliphatic rings. The monoisotopic (exact) mass is 653 g/mol. The third-order valence-corrected chi connectivity index (χ3v) is 9.96. The molecule has 7 aromatic carbocycles. The number of fused-ring (bicyclic) bond motifs is 10. The summed E-state index contributed by atoms with van der Waals surface area (Å²) >= 11 is 0. The quantitative estimate of drug-likeness (QED) is 0.190. The van der Waals surface area contributed by atoms with E-state index < -0.39 is 0 Å². The van der Waals surface area contributed by atoms with E-state index in [1.54, 1.807) is 0 Å². The summed E-state index contributed by atoms with van der Waals surface area (Å²) in [6.45, 7) is 0. The summed E-state index contributed by atoms with van der Waals surface area (Å²) in [5.74, 6) is 1.78. The van der Waals surface area contributed by atoms with Crippen molar-refractivity contribution in [1.82, 2.24) is 24.1 Å². The van der Waals surface area contributed by atoms with Crippen LogP contribution in [0.5, 0.6) is 0 Å². The molecule has 4 heterocycles. The number of rotatable bonds is 4. The van der Waals surface area contributed by atoms with Crippen molar-refractivity contribution in [3.63, 3.8) is 0 Å². The van der Waals surface area contributed by atoms with E-state index in [4.69, 9.17) is 19.4 Å². The molecule has 0 atom stereocenters. The standard InChI is InChI=1S/C45H27N5O/c1-4-14-28(15-5-1)43-46-44(29-16-6-2-7-17-29)48-45(47-43)50-38-26-35-31-20-11-13-23-39(31)51-40(35)27-34(38)32-24-25-37-41(42(32)50)33-21-10-12-22-36(33)49(37)30-18-8-3-9-19-30/h1-27H. The average molecular weight is 654 g/mol. The molecule has 6 heteroatoms. The summed E-state index contributed by atoms with van der Waals surface area (Å²) < 4.78 is 11.0. The summed E-state index contributed by atoms with van der Waals surface area (Å²) in [5.41, 5.74) is 8.94. The lowest BCUT2D eigenvalue weighted by atomic mass is 10.1. The fourth-order valence-electron chi connectivity index (χ4n) is 7.73. The Hall–Kier alpha value is -7.05. The van der Waals surface area contributed by atoms with Crippen LogP contribution in [0.4, 0.5) is 0 Å². The lowest BCUT2D eigenvalue weighted by Gasteiger charge is -2.12. The van der Waals surface area contributed by atoms with E-state index in [1.807, 2.05) is 72.8 Å². The van der Waals surface area contributed by atoms with Crippen molar-refractivity contribution in [2.24, 2.45) is 0 Å². The largest absolute Gasteiger partial charge is 0.456 e. The highest BCUT2D eigenvalue weighted by molar-refractivity contribution is 6.27. The van der Waals surface area contributed by atoms with Gasteiger partial charge >= 0.3 is 0 Å². The first-order valence-electron chi connectivity index (χ1n) is 17.0. The van der Waals surface area contributed by atoms with E-state index in [1.165, 1.54) is 0 Å². The van der Waals surface area contributed by atoms with Gasteiger partial charge in [0, 0.05) is 49.1 Å². The van der Waals surface area contributed by atoms with Gasteiger partial charge in [0.25, 0.3) is 0 Å². The zero-order chi connectivity index (χ0) is 33.5. The minimum absolute atomic E-state index is 0.555. The molecule has 0 spiro atoms. The number of hydrogen-bond donors (Lipinski definition) is 0. The summed E-state index contributed by atoms with van der Waals surface area (Å²) in [6.07, 6.45) is 0. The Kier molecular flexibility index (Phi) is 5.86. The summed E-state index contributed by atoms with van der Waals surface area (Å²) in [7, 11) is 0. The number of para-hydroxylation sites is 3. The lowest BCUT2D eigenvalue weighted by molar-refractivity contribution is 0.669. The topological polar surface area (TPSA) is 61.7 Å². The normalized spacial score (nSPS) is 11.9. The molecule has 0 saturated carbocycles. The molecule has 11 rings (SSSR count). The van der Waals surface area contributed by atoms with Gasteiger partial charge in [-0.1, -0.05) is 121 Å². The molecule has 51 heavy (non-hydrogen) atoms. The summed E-state index contributed by atoms with van der Waals surface area (Å²) in [4.78, 5) is 15.6. The SMILES string of the molecule is c1ccc(-c2nc(-c3ccccc3)nc(-n3c4cc5c(cc4c4ccc6c(c7ccccc7n6-c6ccccc6)c43)oc3ccccc35)n2)cc1. The van der Waals surface area contributed by atoms with Gasteiger partial charge in [-0.3, -0.25) is 4.57 Å². The maximum Gasteiger partial charge on any atom is 0.238 e. The van der Waals surface area contributed by atoms with Crippen molar-refractivity contribution < 1.29 is 4.42 Å². The second-order valence-corrected chi connectivity index (χ2v) is 12.9. The van der Waals surface area contributed by atoms with Crippen LogP contribution in [-0.2, 0) is 0 Å². The van der Waals surface area contributed by atoms with E-state index in [2.05, 4.69) is 100 Å². The Morgan fingerprint density at radius 2 is 1.02 bits per heavy atom. The highest BCUT2D eigenvalue weighted by atomic mass is 16.3. The maximum atomic E-state index is 6.44. The highest BCUT2D eigenvalue weighted by Gasteiger charge is 2.24. The van der Waals surface area contributed by atoms with Crippen LogP contribution in [0.25, 0.3) is 100.0 Å². The molecular formula is C45H27N5O. The van der Waals surface area contributed by atoms with E-state index in [0.717, 1.165) is 82.4 Å². The molecular weight excluding hydrogens is 627 g/mol. The van der Waals surface area contributed by atoms with Crippen molar-refractivity contribution in [2.75, 3.05) is 0 Å². The van der Waals surface area contributed by atoms with Gasteiger partial charge < -0.3 is 8.98 Å². The van der Waals surface area contributed by atoms with Gasteiger partial charge in [-0.2, -0.15) is 9.97 Å². The second-order valence-electron chi connectivity index (χ2n) is 12.9. The van der Waals surface area contributed by atoms with Gasteiger partial charge in [-0.05, 0) is 42.5 Å². The number of benzene rings is 7. The number of nitrogens with zero attached hydrogens (tertiary/aromatic N) is 5. The predicted octanol–water partition coefficient (Wildman–Crippen LogP) is 11.3. The van der Waals surface area contributed by atoms with Gasteiger partial charge in [0.2, 0.25) is 5.95 Å². The first-order chi connectivity index (χ1) is 25.3. The zero-order valence-electron chi connectivity index (χ0n) is 27.2. The first-order valence-corrected chi connectivity index (χ1v) is 17.0. The zero-order valence-corrected chi connectivity index (χ0v) is 27.2. The minimum Gasteiger partial charge on any atom is -0.456 e. The maximum absolute atomic E-state index is 6.44. The van der Waals surface area contributed by atoms with E-state index in [0.29, 0.717) is 17.6 Å². The van der Waals surface area contributed by atoms with Crippen LogP contribution in [-0.4, -0.2) is 24.1 Å². The van der Waals surface area contributed by atoms with Crippen LogP contribution in [0.1, 0.15) is 0 Å².